The molecule has 4 rings (SSSR count). The molecule has 6 nitrogen and oxygen atoms in total. The van der Waals surface area contributed by atoms with Crippen LogP contribution in [-0.2, 0) is 7.05 Å². The van der Waals surface area contributed by atoms with Crippen LogP contribution >= 0.6 is 0 Å². The molecule has 0 bridgehead atoms. The molecule has 0 N–H and O–H groups in total. The Balaban J connectivity index is 0.00000149. The average Bonchev–Trinajstić information content (AvgIpc) is 3.10. The number of imidazole rings is 1. The summed E-state index contributed by atoms with van der Waals surface area (Å²) in [6.07, 6.45) is -1.02. The summed E-state index contributed by atoms with van der Waals surface area (Å²) in [7, 11) is 3.51. The first-order chi connectivity index (χ1) is 15.6. The summed E-state index contributed by atoms with van der Waals surface area (Å²) in [6.45, 7) is 0.397. The van der Waals surface area contributed by atoms with Crippen molar-refractivity contribution in [3.8, 4) is 5.75 Å². The van der Waals surface area contributed by atoms with E-state index in [1.165, 1.54) is 11.0 Å². The van der Waals surface area contributed by atoms with Crippen molar-refractivity contribution in [3.05, 3.63) is 42.4 Å². The number of likely N-dealkylation sites (tertiary alicyclic amines) is 1. The number of rotatable bonds is 6. The number of pyridine rings is 1. The highest BCUT2D eigenvalue weighted by atomic mass is 19.4. The Morgan fingerprint density at radius 1 is 1.15 bits per heavy atom. The minimum atomic E-state index is -4.26. The number of ether oxygens (including phenoxy) is 1. The second-order valence-electron chi connectivity index (χ2n) is 7.56. The number of aromatic nitrogens is 3. The minimum absolute atomic E-state index is 0.0591. The van der Waals surface area contributed by atoms with Gasteiger partial charge in [0.1, 0.15) is 17.1 Å². The first kappa shape index (κ1) is 24.7. The van der Waals surface area contributed by atoms with Crippen LogP contribution in [0.1, 0.15) is 25.3 Å². The maximum absolute atomic E-state index is 13.1. The molecule has 0 unspecified atom stereocenters. The highest BCUT2D eigenvalue weighted by Crippen LogP contribution is 2.38. The lowest BCUT2D eigenvalue weighted by molar-refractivity contribution is -0.154. The molecule has 0 radical (unpaired) electrons. The third-order valence-corrected chi connectivity index (χ3v) is 5.33. The molecule has 1 saturated heterocycles. The molecule has 1 aliphatic rings. The van der Waals surface area contributed by atoms with E-state index in [4.69, 9.17) is 4.74 Å². The Labute approximate surface area is 188 Å². The lowest BCUT2D eigenvalue weighted by Crippen LogP contribution is -2.49. The molecule has 0 spiro atoms. The molecule has 11 heteroatoms. The first-order valence-electron chi connectivity index (χ1n) is 10.5. The molecular formula is C22H26F5N5O. The Morgan fingerprint density at radius 2 is 1.85 bits per heavy atom. The summed E-state index contributed by atoms with van der Waals surface area (Å²) in [4.78, 5) is 11.4. The number of hydrogen-bond acceptors (Lipinski definition) is 5. The van der Waals surface area contributed by atoms with Gasteiger partial charge in [-0.05, 0) is 17.7 Å². The number of aryl methyl sites for hydroxylation is 1. The van der Waals surface area contributed by atoms with Gasteiger partial charge >= 0.3 is 12.8 Å². The molecular weight excluding hydrogens is 445 g/mol. The van der Waals surface area contributed by atoms with E-state index in [0.717, 1.165) is 5.52 Å². The summed E-state index contributed by atoms with van der Waals surface area (Å²) in [5, 5.41) is 0. The number of anilines is 2. The van der Waals surface area contributed by atoms with E-state index < -0.39 is 19.3 Å². The molecule has 33 heavy (non-hydrogen) atoms. The van der Waals surface area contributed by atoms with E-state index in [0.29, 0.717) is 22.6 Å². The van der Waals surface area contributed by atoms with Gasteiger partial charge < -0.3 is 14.2 Å². The summed E-state index contributed by atoms with van der Waals surface area (Å²) >= 11 is 0. The van der Waals surface area contributed by atoms with Gasteiger partial charge in [-0.15, -0.1) is 0 Å². The van der Waals surface area contributed by atoms with Crippen LogP contribution < -0.4 is 9.64 Å². The highest BCUT2D eigenvalue weighted by Gasteiger charge is 2.37. The van der Waals surface area contributed by atoms with Crippen molar-refractivity contribution in [2.75, 3.05) is 31.6 Å². The summed E-state index contributed by atoms with van der Waals surface area (Å²) in [5.41, 5.74) is 2.54. The SMILES string of the molecule is CC.CN(c1cc2c(cn1)ncn2C)c1ccc(C2CN(CC(F)(F)F)C2)cc1OC(F)F. The summed E-state index contributed by atoms with van der Waals surface area (Å²) in [6, 6.07) is 6.59. The van der Waals surface area contributed by atoms with Crippen LogP contribution in [0.5, 0.6) is 5.75 Å². The maximum Gasteiger partial charge on any atom is 0.401 e. The number of halogens is 5. The van der Waals surface area contributed by atoms with E-state index in [1.807, 2.05) is 25.5 Å². The second-order valence-corrected chi connectivity index (χ2v) is 7.56. The second kappa shape index (κ2) is 9.90. The van der Waals surface area contributed by atoms with Crippen LogP contribution in [0.3, 0.4) is 0 Å². The largest absolute Gasteiger partial charge is 0.433 e. The summed E-state index contributed by atoms with van der Waals surface area (Å²) in [5.74, 6) is 0.268. The van der Waals surface area contributed by atoms with Crippen LogP contribution in [0.25, 0.3) is 11.0 Å². The Hall–Kier alpha value is -2.95. The lowest BCUT2D eigenvalue weighted by atomic mass is 9.91. The number of hydrogen-bond donors (Lipinski definition) is 0. The van der Waals surface area contributed by atoms with Crippen molar-refractivity contribution in [3.63, 3.8) is 0 Å². The fraction of sp³-hybridized carbons (Fsp3) is 0.455. The van der Waals surface area contributed by atoms with E-state index in [2.05, 4.69) is 9.97 Å². The molecule has 0 amide bonds. The van der Waals surface area contributed by atoms with Crippen LogP contribution in [0.4, 0.5) is 33.5 Å². The van der Waals surface area contributed by atoms with Gasteiger partial charge in [-0.25, -0.2) is 9.97 Å². The smallest absolute Gasteiger partial charge is 0.401 e. The van der Waals surface area contributed by atoms with Crippen LogP contribution in [0.2, 0.25) is 0 Å². The van der Waals surface area contributed by atoms with Gasteiger partial charge in [-0.3, -0.25) is 4.90 Å². The zero-order chi connectivity index (χ0) is 24.3. The van der Waals surface area contributed by atoms with Crippen molar-refractivity contribution in [1.82, 2.24) is 19.4 Å². The quantitative estimate of drug-likeness (QED) is 0.455. The summed E-state index contributed by atoms with van der Waals surface area (Å²) < 4.78 is 70.2. The van der Waals surface area contributed by atoms with Gasteiger partial charge in [-0.2, -0.15) is 22.0 Å². The van der Waals surface area contributed by atoms with Crippen LogP contribution in [-0.4, -0.2) is 58.9 Å². The van der Waals surface area contributed by atoms with Crippen molar-refractivity contribution < 1.29 is 26.7 Å². The average molecular weight is 471 g/mol. The first-order valence-corrected chi connectivity index (χ1v) is 10.5. The van der Waals surface area contributed by atoms with Crippen molar-refractivity contribution in [2.24, 2.45) is 7.05 Å². The zero-order valence-corrected chi connectivity index (χ0v) is 18.8. The molecule has 1 fully saturated rings. The van der Waals surface area contributed by atoms with Crippen LogP contribution in [0, 0.1) is 0 Å². The predicted octanol–water partition coefficient (Wildman–Crippen LogP) is 5.33. The van der Waals surface area contributed by atoms with Gasteiger partial charge in [0.25, 0.3) is 0 Å². The third kappa shape index (κ3) is 5.70. The standard InChI is InChI=1S/C20H20F5N5O.C2H6/c1-28-11-27-14-7-26-18(6-16(14)28)29(2)15-4-3-12(5-17(15)31-19(21)22)13-8-30(9-13)10-20(23,24)25;1-2/h3-7,11,13,19H,8-10H2,1-2H3;1-2H3. The topological polar surface area (TPSA) is 46.4 Å². The zero-order valence-electron chi connectivity index (χ0n) is 18.8. The number of alkyl halides is 5. The lowest BCUT2D eigenvalue weighted by Gasteiger charge is -2.40. The van der Waals surface area contributed by atoms with Crippen molar-refractivity contribution >= 4 is 22.5 Å². The normalized spacial score (nSPS) is 14.7. The van der Waals surface area contributed by atoms with Crippen molar-refractivity contribution in [1.29, 1.82) is 0 Å². The van der Waals surface area contributed by atoms with Gasteiger partial charge in [0.05, 0.1) is 30.3 Å². The van der Waals surface area contributed by atoms with Gasteiger partial charge in [-0.1, -0.05) is 19.9 Å². The molecule has 0 aliphatic carbocycles. The van der Waals surface area contributed by atoms with E-state index in [9.17, 15) is 22.0 Å². The van der Waals surface area contributed by atoms with Crippen molar-refractivity contribution in [2.45, 2.75) is 32.6 Å². The maximum atomic E-state index is 13.1. The van der Waals surface area contributed by atoms with Crippen LogP contribution in [0.15, 0.2) is 36.8 Å². The number of nitrogens with zero attached hydrogens (tertiary/aromatic N) is 5. The Morgan fingerprint density at radius 3 is 2.48 bits per heavy atom. The number of fused-ring (bicyclic) bond motifs is 1. The Kier molecular flexibility index (Phi) is 7.41. The number of benzene rings is 1. The molecule has 0 saturated carbocycles. The monoisotopic (exact) mass is 471 g/mol. The molecule has 3 aromatic rings. The molecule has 2 aromatic heterocycles. The third-order valence-electron chi connectivity index (χ3n) is 5.33. The molecule has 1 aromatic carbocycles. The molecule has 180 valence electrons. The van der Waals surface area contributed by atoms with E-state index in [1.54, 1.807) is 42.7 Å². The highest BCUT2D eigenvalue weighted by molar-refractivity contribution is 5.79. The Bertz CT molecular complexity index is 1080. The molecule has 1 aliphatic heterocycles. The fourth-order valence-corrected chi connectivity index (χ4v) is 3.74. The minimum Gasteiger partial charge on any atom is -0.433 e. The van der Waals surface area contributed by atoms with E-state index >= 15 is 0 Å². The van der Waals surface area contributed by atoms with Gasteiger partial charge in [0, 0.05) is 39.2 Å². The van der Waals surface area contributed by atoms with Gasteiger partial charge in [0.15, 0.2) is 0 Å². The molecule has 3 heterocycles. The van der Waals surface area contributed by atoms with Gasteiger partial charge in [0.2, 0.25) is 0 Å². The van der Waals surface area contributed by atoms with E-state index in [-0.39, 0.29) is 24.8 Å². The molecule has 0 atom stereocenters. The predicted molar refractivity (Wildman–Crippen MR) is 116 cm³/mol. The fourth-order valence-electron chi connectivity index (χ4n) is 3.74.